The summed E-state index contributed by atoms with van der Waals surface area (Å²) >= 11 is 0. The summed E-state index contributed by atoms with van der Waals surface area (Å²) in [5.74, 6) is -1.38. The highest BCUT2D eigenvalue weighted by Gasteiger charge is 2.39. The van der Waals surface area contributed by atoms with Crippen molar-refractivity contribution in [2.45, 2.75) is 51.4 Å². The first-order chi connectivity index (χ1) is 13.2. The van der Waals surface area contributed by atoms with Crippen molar-refractivity contribution >= 4 is 17.6 Å². The third-order valence-corrected chi connectivity index (χ3v) is 4.52. The summed E-state index contributed by atoms with van der Waals surface area (Å²) in [7, 11) is 1.19. The number of hydrogen-bond acceptors (Lipinski definition) is 5. The molecule has 28 heavy (non-hydrogen) atoms. The molecule has 1 atom stereocenters. The van der Waals surface area contributed by atoms with Gasteiger partial charge in [-0.1, -0.05) is 0 Å². The maximum atomic E-state index is 13.1. The lowest BCUT2D eigenvalue weighted by atomic mass is 10.2. The molecule has 1 N–H and O–H groups in total. The van der Waals surface area contributed by atoms with E-state index in [1.165, 1.54) is 24.9 Å². The number of esters is 1. The number of aryl methyl sites for hydroxylation is 1. The van der Waals surface area contributed by atoms with Crippen LogP contribution in [0.2, 0.25) is 0 Å². The predicted molar refractivity (Wildman–Crippen MR) is 91.8 cm³/mol. The molecule has 1 amide bonds. The Hall–Kier alpha value is -2.85. The third kappa shape index (κ3) is 3.87. The quantitative estimate of drug-likeness (QED) is 0.754. The van der Waals surface area contributed by atoms with Crippen molar-refractivity contribution < 1.29 is 27.5 Å². The van der Waals surface area contributed by atoms with Gasteiger partial charge in [0.2, 0.25) is 5.91 Å². The van der Waals surface area contributed by atoms with Gasteiger partial charge in [-0.2, -0.15) is 23.4 Å². The van der Waals surface area contributed by atoms with Gasteiger partial charge in [0.05, 0.1) is 12.8 Å². The van der Waals surface area contributed by atoms with Crippen LogP contribution in [0.3, 0.4) is 0 Å². The standard InChI is InChI=1S/C17H20F3N5O3/c1-4-24-8-11(14(23-24)16(27)28-3)21-15(26)9(2)25-12(10-5-6-10)7-13(22-25)17(18,19)20/h7-10H,4-6H2,1-3H3,(H,21,26). The van der Waals surface area contributed by atoms with Crippen LogP contribution in [0.15, 0.2) is 12.3 Å². The van der Waals surface area contributed by atoms with Crippen LogP contribution in [0.4, 0.5) is 18.9 Å². The molecule has 2 heterocycles. The Balaban J connectivity index is 1.87. The second-order valence-corrected chi connectivity index (χ2v) is 6.57. The number of methoxy groups -OCH3 is 1. The smallest absolute Gasteiger partial charge is 0.435 e. The summed E-state index contributed by atoms with van der Waals surface area (Å²) in [6.45, 7) is 3.71. The van der Waals surface area contributed by atoms with Crippen molar-refractivity contribution in [3.63, 3.8) is 0 Å². The summed E-state index contributed by atoms with van der Waals surface area (Å²) in [6.07, 6.45) is -1.62. The van der Waals surface area contributed by atoms with E-state index in [1.54, 1.807) is 6.92 Å². The zero-order valence-corrected chi connectivity index (χ0v) is 15.6. The molecule has 1 saturated carbocycles. The van der Waals surface area contributed by atoms with Crippen LogP contribution in [-0.2, 0) is 22.3 Å². The van der Waals surface area contributed by atoms with Crippen LogP contribution in [0.1, 0.15) is 60.5 Å². The van der Waals surface area contributed by atoms with Gasteiger partial charge >= 0.3 is 12.1 Å². The summed E-state index contributed by atoms with van der Waals surface area (Å²) < 4.78 is 46.4. The molecule has 2 aromatic heterocycles. The minimum atomic E-state index is -4.59. The summed E-state index contributed by atoms with van der Waals surface area (Å²) in [4.78, 5) is 24.5. The lowest BCUT2D eigenvalue weighted by molar-refractivity contribution is -0.141. The Bertz CT molecular complexity index is 898. The van der Waals surface area contributed by atoms with E-state index in [0.717, 1.165) is 23.6 Å². The largest absolute Gasteiger partial charge is 0.464 e. The van der Waals surface area contributed by atoms with Gasteiger partial charge in [-0.15, -0.1) is 0 Å². The molecule has 0 saturated heterocycles. The maximum absolute atomic E-state index is 13.1. The number of carbonyl (C=O) groups is 2. The van der Waals surface area contributed by atoms with Crippen LogP contribution in [0, 0.1) is 0 Å². The number of amides is 1. The molecule has 1 unspecified atom stereocenters. The SMILES string of the molecule is CCn1cc(NC(=O)C(C)n2nc(C(F)(F)F)cc2C2CC2)c(C(=O)OC)n1. The van der Waals surface area contributed by atoms with Crippen molar-refractivity contribution in [1.29, 1.82) is 0 Å². The van der Waals surface area contributed by atoms with E-state index in [1.807, 2.05) is 0 Å². The van der Waals surface area contributed by atoms with Crippen molar-refractivity contribution in [2.24, 2.45) is 0 Å². The molecule has 3 rings (SSSR count). The Morgan fingerprint density at radius 3 is 2.57 bits per heavy atom. The van der Waals surface area contributed by atoms with Gasteiger partial charge in [-0.25, -0.2) is 4.79 Å². The molecular weight excluding hydrogens is 379 g/mol. The molecule has 11 heteroatoms. The van der Waals surface area contributed by atoms with Crippen LogP contribution < -0.4 is 5.32 Å². The number of nitrogens with zero attached hydrogens (tertiary/aromatic N) is 4. The monoisotopic (exact) mass is 399 g/mol. The van der Waals surface area contributed by atoms with Crippen molar-refractivity contribution in [3.05, 3.63) is 29.3 Å². The Morgan fingerprint density at radius 2 is 2.04 bits per heavy atom. The van der Waals surface area contributed by atoms with E-state index in [2.05, 4.69) is 20.3 Å². The molecule has 8 nitrogen and oxygen atoms in total. The Labute approximate surface area is 158 Å². The second-order valence-electron chi connectivity index (χ2n) is 6.57. The molecule has 1 aliphatic rings. The number of aromatic nitrogens is 4. The normalized spacial score (nSPS) is 15.4. The fourth-order valence-electron chi connectivity index (χ4n) is 2.81. The van der Waals surface area contributed by atoms with Crippen LogP contribution in [0.25, 0.3) is 0 Å². The van der Waals surface area contributed by atoms with Gasteiger partial charge in [-0.3, -0.25) is 14.2 Å². The van der Waals surface area contributed by atoms with E-state index in [9.17, 15) is 22.8 Å². The third-order valence-electron chi connectivity index (χ3n) is 4.52. The second kappa shape index (κ2) is 7.28. The number of halogens is 3. The summed E-state index contributed by atoms with van der Waals surface area (Å²) in [5, 5.41) is 10.2. The van der Waals surface area contributed by atoms with Gasteiger partial charge < -0.3 is 10.1 Å². The van der Waals surface area contributed by atoms with Gasteiger partial charge in [0.15, 0.2) is 11.4 Å². The summed E-state index contributed by atoms with van der Waals surface area (Å²) in [5.41, 5.74) is -0.596. The zero-order valence-electron chi connectivity index (χ0n) is 15.6. The molecule has 2 aromatic rings. The Kier molecular flexibility index (Phi) is 5.18. The first kappa shape index (κ1) is 19.9. The maximum Gasteiger partial charge on any atom is 0.435 e. The minimum Gasteiger partial charge on any atom is -0.464 e. The van der Waals surface area contributed by atoms with E-state index < -0.39 is 29.8 Å². The predicted octanol–water partition coefficient (Wildman–Crippen LogP) is 2.98. The van der Waals surface area contributed by atoms with Gasteiger partial charge in [0, 0.05) is 24.4 Å². The van der Waals surface area contributed by atoms with Crippen molar-refractivity contribution in [3.8, 4) is 0 Å². The number of hydrogen-bond donors (Lipinski definition) is 1. The molecule has 0 aliphatic heterocycles. The lowest BCUT2D eigenvalue weighted by Crippen LogP contribution is -2.26. The molecule has 152 valence electrons. The lowest BCUT2D eigenvalue weighted by Gasteiger charge is -2.15. The fourth-order valence-corrected chi connectivity index (χ4v) is 2.81. The molecular formula is C17H20F3N5O3. The molecule has 1 aliphatic carbocycles. The molecule has 1 fully saturated rings. The fraction of sp³-hybridized carbons (Fsp3) is 0.529. The summed E-state index contributed by atoms with van der Waals surface area (Å²) in [6, 6.07) is -0.0154. The highest BCUT2D eigenvalue weighted by molar-refractivity contribution is 6.00. The highest BCUT2D eigenvalue weighted by atomic mass is 19.4. The number of rotatable bonds is 6. The first-order valence-electron chi connectivity index (χ1n) is 8.79. The van der Waals surface area contributed by atoms with Crippen LogP contribution in [-0.4, -0.2) is 38.5 Å². The number of ether oxygens (including phenoxy) is 1. The van der Waals surface area contributed by atoms with E-state index >= 15 is 0 Å². The van der Waals surface area contributed by atoms with E-state index in [4.69, 9.17) is 0 Å². The first-order valence-corrected chi connectivity index (χ1v) is 8.79. The number of carbonyl (C=O) groups excluding carboxylic acids is 2. The number of alkyl halides is 3. The molecule has 0 bridgehead atoms. The van der Waals surface area contributed by atoms with E-state index in [0.29, 0.717) is 12.2 Å². The van der Waals surface area contributed by atoms with Crippen molar-refractivity contribution in [1.82, 2.24) is 19.6 Å². The van der Waals surface area contributed by atoms with Gasteiger partial charge in [-0.05, 0) is 32.8 Å². The minimum absolute atomic E-state index is 0.0349. The van der Waals surface area contributed by atoms with Crippen molar-refractivity contribution in [2.75, 3.05) is 12.4 Å². The van der Waals surface area contributed by atoms with Gasteiger partial charge in [0.1, 0.15) is 6.04 Å². The van der Waals surface area contributed by atoms with Crippen LogP contribution in [0.5, 0.6) is 0 Å². The highest BCUT2D eigenvalue weighted by Crippen LogP contribution is 2.43. The zero-order chi connectivity index (χ0) is 20.6. The molecule has 0 aromatic carbocycles. The number of nitrogens with one attached hydrogen (secondary N) is 1. The van der Waals surface area contributed by atoms with Gasteiger partial charge in [0.25, 0.3) is 0 Å². The number of anilines is 1. The average Bonchev–Trinajstić information content (AvgIpc) is 3.25. The topological polar surface area (TPSA) is 91.0 Å². The average molecular weight is 399 g/mol. The Morgan fingerprint density at radius 1 is 1.36 bits per heavy atom. The molecule has 0 radical (unpaired) electrons. The molecule has 0 spiro atoms. The van der Waals surface area contributed by atoms with Crippen LogP contribution >= 0.6 is 0 Å². The van der Waals surface area contributed by atoms with E-state index in [-0.39, 0.29) is 17.3 Å².